The molecule has 0 aliphatic heterocycles. The average molecular weight is 569 g/mol. The Kier molecular flexibility index (Phi) is 11.2. The lowest BCUT2D eigenvalue weighted by Crippen LogP contribution is -2.37. The van der Waals surface area contributed by atoms with Crippen molar-refractivity contribution in [2.24, 2.45) is 5.92 Å². The van der Waals surface area contributed by atoms with Crippen molar-refractivity contribution >= 4 is 7.85 Å². The molecule has 43 heavy (non-hydrogen) atoms. The SMILES string of the molecule is [B]C(CCC)(c1c(C)c(C)c(-c2cc(-c3ccccc3)cc(-c3cccc(CCCCC)c3)c2)c(C)c1C)C(CC)CC. The van der Waals surface area contributed by atoms with E-state index in [1.807, 2.05) is 0 Å². The maximum Gasteiger partial charge on any atom is 0.0814 e. The van der Waals surface area contributed by atoms with Crippen LogP contribution < -0.4 is 0 Å². The van der Waals surface area contributed by atoms with Gasteiger partial charge in [-0.15, -0.1) is 0 Å². The smallest absolute Gasteiger partial charge is 0.0654 e. The quantitative estimate of drug-likeness (QED) is 0.111. The molecule has 0 heterocycles. The minimum Gasteiger partial charge on any atom is -0.0654 e. The summed E-state index contributed by atoms with van der Waals surface area (Å²) >= 11 is 0. The topological polar surface area (TPSA) is 0 Å². The van der Waals surface area contributed by atoms with E-state index in [1.165, 1.54) is 86.0 Å². The first-order chi connectivity index (χ1) is 20.7. The summed E-state index contributed by atoms with van der Waals surface area (Å²) in [6, 6.07) is 27.3. The number of benzene rings is 4. The minimum atomic E-state index is -0.310. The van der Waals surface area contributed by atoms with Gasteiger partial charge < -0.3 is 0 Å². The Morgan fingerprint density at radius 2 is 1.16 bits per heavy atom. The molecule has 1 unspecified atom stereocenters. The van der Waals surface area contributed by atoms with Gasteiger partial charge >= 0.3 is 0 Å². The summed E-state index contributed by atoms with van der Waals surface area (Å²) in [6.07, 6.45) is 9.23. The van der Waals surface area contributed by atoms with Crippen molar-refractivity contribution in [3.63, 3.8) is 0 Å². The van der Waals surface area contributed by atoms with Gasteiger partial charge in [0.1, 0.15) is 0 Å². The largest absolute Gasteiger partial charge is 0.0814 e. The first-order valence-electron chi connectivity index (χ1n) is 16.9. The molecule has 4 rings (SSSR count). The molecule has 0 spiro atoms. The zero-order valence-electron chi connectivity index (χ0n) is 28.2. The van der Waals surface area contributed by atoms with Gasteiger partial charge in [0.25, 0.3) is 0 Å². The molecule has 0 aromatic heterocycles. The van der Waals surface area contributed by atoms with Gasteiger partial charge in [-0.2, -0.15) is 0 Å². The van der Waals surface area contributed by atoms with Crippen molar-refractivity contribution < 1.29 is 0 Å². The Bertz CT molecular complexity index is 1480. The summed E-state index contributed by atoms with van der Waals surface area (Å²) < 4.78 is 0. The Morgan fingerprint density at radius 1 is 0.581 bits per heavy atom. The highest BCUT2D eigenvalue weighted by Crippen LogP contribution is 2.46. The maximum absolute atomic E-state index is 7.48. The molecule has 2 radical (unpaired) electrons. The Morgan fingerprint density at radius 3 is 1.74 bits per heavy atom. The van der Waals surface area contributed by atoms with Gasteiger partial charge in [0.15, 0.2) is 0 Å². The van der Waals surface area contributed by atoms with Gasteiger partial charge in [-0.1, -0.05) is 121 Å². The van der Waals surface area contributed by atoms with Crippen LogP contribution in [0.15, 0.2) is 72.8 Å². The summed E-state index contributed by atoms with van der Waals surface area (Å²) in [6.45, 7) is 18.4. The molecule has 0 bridgehead atoms. The van der Waals surface area contributed by atoms with Gasteiger partial charge in [0.2, 0.25) is 0 Å². The summed E-state index contributed by atoms with van der Waals surface area (Å²) in [7, 11) is 7.48. The molecule has 0 saturated heterocycles. The van der Waals surface area contributed by atoms with Crippen molar-refractivity contribution in [1.82, 2.24) is 0 Å². The van der Waals surface area contributed by atoms with Crippen LogP contribution in [0, 0.1) is 33.6 Å². The number of hydrogen-bond acceptors (Lipinski definition) is 0. The van der Waals surface area contributed by atoms with Gasteiger partial charge in [0, 0.05) is 0 Å². The fourth-order valence-electron chi connectivity index (χ4n) is 7.63. The van der Waals surface area contributed by atoms with Gasteiger partial charge in [-0.3, -0.25) is 0 Å². The molecule has 0 saturated carbocycles. The molecule has 0 aliphatic rings. The van der Waals surface area contributed by atoms with Crippen LogP contribution in [0.3, 0.4) is 0 Å². The van der Waals surface area contributed by atoms with E-state index in [4.69, 9.17) is 7.85 Å². The van der Waals surface area contributed by atoms with E-state index in [2.05, 4.69) is 128 Å². The Balaban J connectivity index is 1.95. The van der Waals surface area contributed by atoms with E-state index in [9.17, 15) is 0 Å². The van der Waals surface area contributed by atoms with E-state index < -0.39 is 0 Å². The van der Waals surface area contributed by atoms with E-state index >= 15 is 0 Å². The first-order valence-corrected chi connectivity index (χ1v) is 16.9. The van der Waals surface area contributed by atoms with E-state index in [1.54, 1.807) is 0 Å². The lowest BCUT2D eigenvalue weighted by molar-refractivity contribution is 0.327. The van der Waals surface area contributed by atoms with Gasteiger partial charge in [-0.05, 0) is 137 Å². The van der Waals surface area contributed by atoms with Crippen molar-refractivity contribution in [2.75, 3.05) is 0 Å². The van der Waals surface area contributed by atoms with E-state index in [-0.39, 0.29) is 5.31 Å². The molecule has 0 aliphatic carbocycles. The number of hydrogen-bond donors (Lipinski definition) is 0. The fraction of sp³-hybridized carbons (Fsp3) is 0.429. The number of aryl methyl sites for hydroxylation is 1. The van der Waals surface area contributed by atoms with Crippen molar-refractivity contribution in [1.29, 1.82) is 0 Å². The molecule has 4 aromatic rings. The van der Waals surface area contributed by atoms with Crippen molar-refractivity contribution in [3.05, 3.63) is 106 Å². The lowest BCUT2D eigenvalue weighted by Gasteiger charge is -2.42. The molecule has 0 nitrogen and oxygen atoms in total. The molecule has 1 atom stereocenters. The summed E-state index contributed by atoms with van der Waals surface area (Å²) in [4.78, 5) is 0. The van der Waals surface area contributed by atoms with Crippen LogP contribution in [0.5, 0.6) is 0 Å². The third kappa shape index (κ3) is 6.87. The predicted octanol–water partition coefficient (Wildman–Crippen LogP) is 12.3. The molecular weight excluding hydrogens is 515 g/mol. The maximum atomic E-state index is 7.48. The van der Waals surface area contributed by atoms with E-state index in [0.717, 1.165) is 32.1 Å². The van der Waals surface area contributed by atoms with Crippen molar-refractivity contribution in [2.45, 2.75) is 112 Å². The second-order valence-electron chi connectivity index (χ2n) is 12.9. The van der Waals surface area contributed by atoms with Crippen LogP contribution in [-0.2, 0) is 11.7 Å². The molecule has 1 heteroatoms. The molecule has 224 valence electrons. The highest BCUT2D eigenvalue weighted by molar-refractivity contribution is 6.16. The normalized spacial score (nSPS) is 13.0. The van der Waals surface area contributed by atoms with Crippen LogP contribution in [0.4, 0.5) is 0 Å². The molecule has 0 fully saturated rings. The highest BCUT2D eigenvalue weighted by Gasteiger charge is 2.36. The summed E-state index contributed by atoms with van der Waals surface area (Å²) in [5.74, 6) is 0.465. The van der Waals surface area contributed by atoms with Crippen LogP contribution >= 0.6 is 0 Å². The standard InChI is InChI=1S/C42H53B/c1-9-13-15-19-33-20-18-23-35(25-33)37-26-36(34-21-16-14-17-22-34)27-38(28-37)40-29(5)31(7)41(32(8)30(40)6)42(43,24-10-2)39(11-3)12-4/h14,16-18,20-23,25-28,39H,9-13,15,19,24H2,1-8H3. The fourth-order valence-corrected chi connectivity index (χ4v) is 7.63. The first kappa shape index (κ1) is 32.9. The average Bonchev–Trinajstić information content (AvgIpc) is 3.01. The number of unbranched alkanes of at least 4 members (excludes halogenated alkanes) is 2. The molecule has 0 amide bonds. The zero-order valence-corrected chi connectivity index (χ0v) is 28.2. The van der Waals surface area contributed by atoms with Gasteiger partial charge in [0.05, 0.1) is 7.85 Å². The summed E-state index contributed by atoms with van der Waals surface area (Å²) in [5, 5.41) is -0.310. The molecule has 4 aromatic carbocycles. The van der Waals surface area contributed by atoms with Crippen LogP contribution in [0.2, 0.25) is 0 Å². The second-order valence-corrected chi connectivity index (χ2v) is 12.9. The summed E-state index contributed by atoms with van der Waals surface area (Å²) in [5.41, 5.74) is 16.0. The minimum absolute atomic E-state index is 0.310. The Labute approximate surface area is 264 Å². The number of rotatable bonds is 13. The van der Waals surface area contributed by atoms with Crippen molar-refractivity contribution in [3.8, 4) is 33.4 Å². The highest BCUT2D eigenvalue weighted by atomic mass is 14.4. The van der Waals surface area contributed by atoms with Crippen LogP contribution in [0.25, 0.3) is 33.4 Å². The van der Waals surface area contributed by atoms with E-state index in [0.29, 0.717) is 5.92 Å². The monoisotopic (exact) mass is 568 g/mol. The predicted molar refractivity (Wildman–Crippen MR) is 191 cm³/mol. The third-order valence-electron chi connectivity index (χ3n) is 10.1. The zero-order chi connectivity index (χ0) is 31.1. The van der Waals surface area contributed by atoms with Gasteiger partial charge in [-0.25, -0.2) is 0 Å². The second kappa shape index (κ2) is 14.6. The Hall–Kier alpha value is -3.06. The molecule has 0 N–H and O–H groups in total. The van der Waals surface area contributed by atoms with Crippen LogP contribution in [0.1, 0.15) is 106 Å². The third-order valence-corrected chi connectivity index (χ3v) is 10.1. The molecular formula is C42H53B. The van der Waals surface area contributed by atoms with Crippen LogP contribution in [-0.4, -0.2) is 7.85 Å². The lowest BCUT2D eigenvalue weighted by atomic mass is 9.51.